The second kappa shape index (κ2) is 3.44. The molecule has 1 N–H and O–H groups in total. The molecule has 2 heterocycles. The molecule has 0 spiro atoms. The maximum absolute atomic E-state index is 12.4. The number of aromatic amines is 1. The molecule has 0 aliphatic carbocycles. The van der Waals surface area contributed by atoms with Crippen molar-refractivity contribution in [2.45, 2.75) is 13.1 Å². The van der Waals surface area contributed by atoms with Crippen LogP contribution in [0.1, 0.15) is 12.6 Å². The summed E-state index contributed by atoms with van der Waals surface area (Å²) in [5, 5.41) is -0.0359. The summed E-state index contributed by atoms with van der Waals surface area (Å²) < 4.78 is 37.9. The Labute approximate surface area is 91.2 Å². The first-order valence-electron chi connectivity index (χ1n) is 4.54. The Bertz CT molecular complexity index is 742. The maximum Gasteiger partial charge on any atom is 0.433 e. The molecule has 2 rings (SSSR count). The van der Waals surface area contributed by atoms with E-state index in [1.807, 2.05) is 0 Å². The predicted octanol–water partition coefficient (Wildman–Crippen LogP) is -0.0791. The van der Waals surface area contributed by atoms with Crippen LogP contribution in [0.2, 0.25) is 0 Å². The smallest absolute Gasteiger partial charge is 0.290 e. The van der Waals surface area contributed by atoms with E-state index in [2.05, 4.69) is 9.97 Å². The van der Waals surface area contributed by atoms with Crippen LogP contribution in [0.5, 0.6) is 0 Å². The Hall–Kier alpha value is -2.12. The van der Waals surface area contributed by atoms with Crippen molar-refractivity contribution in [3.05, 3.63) is 37.8 Å². The Kier molecular flexibility index (Phi) is 2.30. The van der Waals surface area contributed by atoms with Gasteiger partial charge >= 0.3 is 6.18 Å². The lowest BCUT2D eigenvalue weighted by atomic mass is 10.4. The van der Waals surface area contributed by atoms with E-state index in [1.165, 1.54) is 13.0 Å². The van der Waals surface area contributed by atoms with Gasteiger partial charge in [-0.2, -0.15) is 13.2 Å². The number of rotatable bonds is 0. The van der Waals surface area contributed by atoms with Gasteiger partial charge in [0, 0.05) is 6.07 Å². The minimum Gasteiger partial charge on any atom is -0.290 e. The third-order valence-corrected chi connectivity index (χ3v) is 2.18. The van der Waals surface area contributed by atoms with Crippen LogP contribution in [0.4, 0.5) is 13.2 Å². The summed E-state index contributed by atoms with van der Waals surface area (Å²) in [5.41, 5.74) is -2.93. The number of aromatic nitrogens is 3. The van der Waals surface area contributed by atoms with Gasteiger partial charge in [0.1, 0.15) is 5.35 Å². The first-order chi connectivity index (χ1) is 7.84. The molecule has 0 aliphatic rings. The van der Waals surface area contributed by atoms with E-state index < -0.39 is 28.8 Å². The molecule has 5 nitrogen and oxygen atoms in total. The average Bonchev–Trinajstić information content (AvgIpc) is 2.52. The normalized spacial score (nSPS) is 13.5. The first-order valence-corrected chi connectivity index (χ1v) is 4.54. The zero-order valence-corrected chi connectivity index (χ0v) is 8.50. The molecule has 8 heteroatoms. The molecule has 17 heavy (non-hydrogen) atoms. The van der Waals surface area contributed by atoms with E-state index in [0.717, 1.165) is 4.40 Å². The Morgan fingerprint density at radius 2 is 2.06 bits per heavy atom. The average molecular weight is 245 g/mol. The van der Waals surface area contributed by atoms with Crippen LogP contribution in [0.15, 0.2) is 15.7 Å². The molecule has 2 aromatic rings. The molecule has 0 saturated heterocycles. The summed E-state index contributed by atoms with van der Waals surface area (Å²) in [6, 6.07) is 0.354. The fourth-order valence-electron chi connectivity index (χ4n) is 1.47. The van der Waals surface area contributed by atoms with Crippen molar-refractivity contribution in [1.82, 2.24) is 14.4 Å². The second-order valence-corrected chi connectivity index (χ2v) is 3.26. The summed E-state index contributed by atoms with van der Waals surface area (Å²) >= 11 is 0. The Morgan fingerprint density at radius 3 is 2.59 bits per heavy atom. The summed E-state index contributed by atoms with van der Waals surface area (Å²) in [7, 11) is 0. The maximum atomic E-state index is 12.4. The third-order valence-electron chi connectivity index (χ3n) is 2.18. The largest absolute Gasteiger partial charge is 0.433 e. The van der Waals surface area contributed by atoms with Gasteiger partial charge in [-0.15, -0.1) is 0 Å². The molecule has 0 radical (unpaired) electrons. The molecule has 0 aliphatic heterocycles. The lowest BCUT2D eigenvalue weighted by molar-refractivity contribution is -0.141. The van der Waals surface area contributed by atoms with Crippen LogP contribution < -0.4 is 16.5 Å². The second-order valence-electron chi connectivity index (χ2n) is 3.26. The number of hydrogen-bond donors (Lipinski definition) is 1. The number of fused-ring (bicyclic) bond motifs is 1. The molecule has 0 saturated carbocycles. The summed E-state index contributed by atoms with van der Waals surface area (Å²) in [6.07, 6.45) is -3.40. The topological polar surface area (TPSA) is 67.2 Å². The van der Waals surface area contributed by atoms with Gasteiger partial charge in [-0.3, -0.25) is 14.6 Å². The molecule has 90 valence electrons. The van der Waals surface area contributed by atoms with Crippen LogP contribution in [-0.2, 0) is 6.18 Å². The molecule has 0 unspecified atom stereocenters. The Morgan fingerprint density at radius 1 is 1.41 bits per heavy atom. The molecule has 2 aromatic heterocycles. The van der Waals surface area contributed by atoms with Gasteiger partial charge in [-0.25, -0.2) is 9.38 Å². The highest BCUT2D eigenvalue weighted by molar-refractivity contribution is 5.33. The highest BCUT2D eigenvalue weighted by Gasteiger charge is 2.33. The van der Waals surface area contributed by atoms with E-state index in [4.69, 9.17) is 0 Å². The monoisotopic (exact) mass is 245 g/mol. The van der Waals surface area contributed by atoms with Crippen molar-refractivity contribution in [2.24, 2.45) is 0 Å². The Balaban J connectivity index is 2.97. The SMILES string of the molecule is CC=c1c(=O)[nH]c2nc(C(F)(F)F)cc(=O)n12. The molecule has 0 amide bonds. The third kappa shape index (κ3) is 1.71. The minimum absolute atomic E-state index is 0.0359. The van der Waals surface area contributed by atoms with Crippen molar-refractivity contribution in [2.75, 3.05) is 0 Å². The van der Waals surface area contributed by atoms with Gasteiger partial charge in [0.05, 0.1) is 0 Å². The number of imidazole rings is 1. The van der Waals surface area contributed by atoms with Crippen molar-refractivity contribution in [3.8, 4) is 0 Å². The van der Waals surface area contributed by atoms with Gasteiger partial charge in [0.15, 0.2) is 5.69 Å². The predicted molar refractivity (Wildman–Crippen MR) is 52.4 cm³/mol. The molecule has 0 bridgehead atoms. The van der Waals surface area contributed by atoms with Crippen LogP contribution in [-0.4, -0.2) is 14.4 Å². The van der Waals surface area contributed by atoms with Crippen LogP contribution in [0.25, 0.3) is 11.9 Å². The molecule has 0 atom stereocenters. The van der Waals surface area contributed by atoms with Crippen LogP contribution in [0, 0.1) is 0 Å². The number of halogens is 3. The van der Waals surface area contributed by atoms with Crippen molar-refractivity contribution in [3.63, 3.8) is 0 Å². The van der Waals surface area contributed by atoms with E-state index in [-0.39, 0.29) is 5.35 Å². The lowest BCUT2D eigenvalue weighted by Crippen LogP contribution is -2.32. The van der Waals surface area contributed by atoms with E-state index >= 15 is 0 Å². The molecule has 0 fully saturated rings. The van der Waals surface area contributed by atoms with E-state index in [1.54, 1.807) is 0 Å². The van der Waals surface area contributed by atoms with Gasteiger partial charge in [-0.05, 0) is 6.92 Å². The van der Waals surface area contributed by atoms with Gasteiger partial charge in [0.2, 0.25) is 5.78 Å². The fraction of sp³-hybridized carbons (Fsp3) is 0.222. The molecule has 0 aromatic carbocycles. The van der Waals surface area contributed by atoms with Crippen molar-refractivity contribution < 1.29 is 13.2 Å². The summed E-state index contributed by atoms with van der Waals surface area (Å²) in [5.74, 6) is -0.414. The molecular weight excluding hydrogens is 239 g/mol. The minimum atomic E-state index is -4.72. The summed E-state index contributed by atoms with van der Waals surface area (Å²) in [6.45, 7) is 1.49. The quantitative estimate of drug-likeness (QED) is 0.706. The first kappa shape index (κ1) is 11.4. The van der Waals surface area contributed by atoms with Crippen molar-refractivity contribution >= 4 is 11.9 Å². The van der Waals surface area contributed by atoms with Crippen molar-refractivity contribution in [1.29, 1.82) is 0 Å². The van der Waals surface area contributed by atoms with Crippen LogP contribution in [0.3, 0.4) is 0 Å². The van der Waals surface area contributed by atoms with Crippen LogP contribution >= 0.6 is 0 Å². The summed E-state index contributed by atoms with van der Waals surface area (Å²) in [4.78, 5) is 28.1. The van der Waals surface area contributed by atoms with E-state index in [9.17, 15) is 22.8 Å². The number of nitrogens with one attached hydrogen (secondary N) is 1. The standard InChI is InChI=1S/C9H6F3N3O2/c1-2-4-7(17)14-8-13-5(9(10,11)12)3-6(16)15(4)8/h2-3H,1H3,(H,13,14,17). The number of alkyl halides is 3. The van der Waals surface area contributed by atoms with E-state index in [0.29, 0.717) is 6.07 Å². The zero-order valence-electron chi connectivity index (χ0n) is 8.50. The molecular formula is C9H6F3N3O2. The fourth-order valence-corrected chi connectivity index (χ4v) is 1.47. The zero-order chi connectivity index (χ0) is 12.8. The highest BCUT2D eigenvalue weighted by Crippen LogP contribution is 2.26. The van der Waals surface area contributed by atoms with Gasteiger partial charge in [-0.1, -0.05) is 6.08 Å². The number of hydrogen-bond acceptors (Lipinski definition) is 3. The van der Waals surface area contributed by atoms with Gasteiger partial charge in [0.25, 0.3) is 11.1 Å². The highest BCUT2D eigenvalue weighted by atomic mass is 19.4. The number of nitrogens with zero attached hydrogens (tertiary/aromatic N) is 2. The van der Waals surface area contributed by atoms with Gasteiger partial charge < -0.3 is 0 Å². The number of H-pyrrole nitrogens is 1. The lowest BCUT2D eigenvalue weighted by Gasteiger charge is -2.04.